The zero-order chi connectivity index (χ0) is 11.8. The van der Waals surface area contributed by atoms with Gasteiger partial charge in [0.1, 0.15) is 5.82 Å². The molecule has 3 aromatic rings. The third kappa shape index (κ3) is 1.57. The summed E-state index contributed by atoms with van der Waals surface area (Å²) < 4.78 is 14.2. The second-order valence-electron chi connectivity index (χ2n) is 3.47. The molecule has 6 nitrogen and oxygen atoms in total. The first kappa shape index (κ1) is 9.64. The predicted octanol–water partition coefficient (Wildman–Crippen LogP) is 0.908. The molecule has 2 aromatic heterocycles. The van der Waals surface area contributed by atoms with Crippen molar-refractivity contribution in [3.05, 3.63) is 36.3 Å². The second kappa shape index (κ2) is 3.48. The maximum Gasteiger partial charge on any atom is 0.221 e. The molecule has 0 atom stereocenters. The summed E-state index contributed by atoms with van der Waals surface area (Å²) in [4.78, 5) is 4.17. The molecular weight excluding hydrogens is 223 g/mol. The molecule has 7 heteroatoms. The van der Waals surface area contributed by atoms with E-state index in [1.54, 1.807) is 18.3 Å². The van der Waals surface area contributed by atoms with Gasteiger partial charge in [-0.25, -0.2) is 9.37 Å². The second-order valence-corrected chi connectivity index (χ2v) is 3.47. The Morgan fingerprint density at radius 1 is 1.18 bits per heavy atom. The lowest BCUT2D eigenvalue weighted by Gasteiger charge is -2.02. The molecule has 0 unspecified atom stereocenters. The number of aromatic nitrogens is 5. The van der Waals surface area contributed by atoms with Gasteiger partial charge in [-0.2, -0.15) is 4.52 Å². The molecule has 0 saturated carbocycles. The van der Waals surface area contributed by atoms with Gasteiger partial charge < -0.3 is 5.73 Å². The smallest absolute Gasteiger partial charge is 0.221 e. The number of benzene rings is 1. The monoisotopic (exact) mass is 230 g/mol. The van der Waals surface area contributed by atoms with Gasteiger partial charge in [0.2, 0.25) is 5.65 Å². The summed E-state index contributed by atoms with van der Waals surface area (Å²) in [6.07, 6.45) is 1.64. The van der Waals surface area contributed by atoms with Gasteiger partial charge in [0.05, 0.1) is 11.9 Å². The van der Waals surface area contributed by atoms with Crippen LogP contribution in [-0.4, -0.2) is 25.0 Å². The quantitative estimate of drug-likeness (QED) is 0.671. The molecule has 2 N–H and O–H groups in total. The van der Waals surface area contributed by atoms with Crippen LogP contribution in [0.15, 0.2) is 30.5 Å². The van der Waals surface area contributed by atoms with E-state index in [9.17, 15) is 4.39 Å². The van der Waals surface area contributed by atoms with Crippen LogP contribution in [0.5, 0.6) is 0 Å². The highest BCUT2D eigenvalue weighted by Crippen LogP contribution is 2.19. The van der Waals surface area contributed by atoms with Crippen molar-refractivity contribution >= 4 is 11.5 Å². The standard InChI is InChI=1S/C10H7FN6/c11-7-3-1-6(2-4-7)8-5-17-10(9(12)13-8)14-15-16-17/h1-5H,(H2,12,13). The average Bonchev–Trinajstić information content (AvgIpc) is 2.78. The summed E-state index contributed by atoms with van der Waals surface area (Å²) >= 11 is 0. The van der Waals surface area contributed by atoms with Gasteiger partial charge in [-0.05, 0) is 34.7 Å². The number of fused-ring (bicyclic) bond motifs is 1. The van der Waals surface area contributed by atoms with E-state index in [0.29, 0.717) is 11.3 Å². The number of hydrogen-bond donors (Lipinski definition) is 1. The van der Waals surface area contributed by atoms with Crippen molar-refractivity contribution in [1.29, 1.82) is 0 Å². The van der Waals surface area contributed by atoms with Gasteiger partial charge >= 0.3 is 0 Å². The lowest BCUT2D eigenvalue weighted by Crippen LogP contribution is -1.99. The zero-order valence-electron chi connectivity index (χ0n) is 8.58. The van der Waals surface area contributed by atoms with E-state index in [-0.39, 0.29) is 11.6 Å². The molecule has 0 fully saturated rings. The van der Waals surface area contributed by atoms with Crippen molar-refractivity contribution in [2.75, 3.05) is 5.73 Å². The molecule has 0 spiro atoms. The number of hydrogen-bond acceptors (Lipinski definition) is 5. The summed E-state index contributed by atoms with van der Waals surface area (Å²) in [6.45, 7) is 0. The number of nitrogen functional groups attached to an aromatic ring is 1. The third-order valence-electron chi connectivity index (χ3n) is 2.35. The molecule has 1 aromatic carbocycles. The molecule has 2 heterocycles. The highest BCUT2D eigenvalue weighted by Gasteiger charge is 2.07. The topological polar surface area (TPSA) is 82.0 Å². The summed E-state index contributed by atoms with van der Waals surface area (Å²) in [5.74, 6) is -0.0675. The minimum Gasteiger partial charge on any atom is -0.380 e. The Labute approximate surface area is 94.9 Å². The minimum absolute atomic E-state index is 0.233. The lowest BCUT2D eigenvalue weighted by atomic mass is 10.1. The molecule has 0 aliphatic heterocycles. The molecule has 17 heavy (non-hydrogen) atoms. The SMILES string of the molecule is Nc1nc(-c2ccc(F)cc2)cn2nnnc12. The Morgan fingerprint density at radius 2 is 1.94 bits per heavy atom. The van der Waals surface area contributed by atoms with Gasteiger partial charge in [0.25, 0.3) is 0 Å². The van der Waals surface area contributed by atoms with E-state index in [1.807, 2.05) is 0 Å². The van der Waals surface area contributed by atoms with Gasteiger partial charge in [0.15, 0.2) is 5.82 Å². The van der Waals surface area contributed by atoms with Crippen LogP contribution >= 0.6 is 0 Å². The summed E-state index contributed by atoms with van der Waals surface area (Å²) in [5.41, 5.74) is 7.45. The molecule has 0 aliphatic rings. The molecule has 0 amide bonds. The van der Waals surface area contributed by atoms with E-state index in [2.05, 4.69) is 20.5 Å². The van der Waals surface area contributed by atoms with Crippen molar-refractivity contribution in [2.24, 2.45) is 0 Å². The van der Waals surface area contributed by atoms with Crippen molar-refractivity contribution < 1.29 is 4.39 Å². The Kier molecular flexibility index (Phi) is 1.97. The zero-order valence-corrected chi connectivity index (χ0v) is 8.58. The number of halogens is 1. The first-order valence-electron chi connectivity index (χ1n) is 4.84. The Bertz CT molecular complexity index is 675. The molecule has 3 rings (SSSR count). The minimum atomic E-state index is -0.301. The van der Waals surface area contributed by atoms with Crippen molar-refractivity contribution in [2.45, 2.75) is 0 Å². The molecular formula is C10H7FN6. The van der Waals surface area contributed by atoms with Crippen molar-refractivity contribution in [1.82, 2.24) is 25.0 Å². The molecule has 0 aliphatic carbocycles. The number of nitrogens with zero attached hydrogens (tertiary/aromatic N) is 5. The highest BCUT2D eigenvalue weighted by molar-refractivity contribution is 5.66. The number of tetrazole rings is 1. The predicted molar refractivity (Wildman–Crippen MR) is 58.4 cm³/mol. The van der Waals surface area contributed by atoms with Crippen molar-refractivity contribution in [3.8, 4) is 11.3 Å². The van der Waals surface area contributed by atoms with Crippen molar-refractivity contribution in [3.63, 3.8) is 0 Å². The number of anilines is 1. The van der Waals surface area contributed by atoms with Gasteiger partial charge in [-0.1, -0.05) is 0 Å². The maximum absolute atomic E-state index is 12.8. The average molecular weight is 230 g/mol. The normalized spacial score (nSPS) is 10.9. The molecule has 0 bridgehead atoms. The summed E-state index contributed by atoms with van der Waals surface area (Å²) in [7, 11) is 0. The van der Waals surface area contributed by atoms with E-state index < -0.39 is 0 Å². The number of nitrogens with two attached hydrogens (primary N) is 1. The molecule has 0 radical (unpaired) electrons. The van der Waals surface area contributed by atoms with Crippen LogP contribution in [0.25, 0.3) is 16.9 Å². The first-order chi connectivity index (χ1) is 8.24. The Hall–Kier alpha value is -2.57. The Balaban J connectivity index is 2.20. The summed E-state index contributed by atoms with van der Waals surface area (Å²) in [6, 6.07) is 5.95. The maximum atomic E-state index is 12.8. The molecule has 0 saturated heterocycles. The lowest BCUT2D eigenvalue weighted by molar-refractivity contribution is 0.628. The van der Waals surface area contributed by atoms with E-state index in [4.69, 9.17) is 5.73 Å². The van der Waals surface area contributed by atoms with Crippen LogP contribution in [0.1, 0.15) is 0 Å². The van der Waals surface area contributed by atoms with Crippen LogP contribution in [0.3, 0.4) is 0 Å². The first-order valence-corrected chi connectivity index (χ1v) is 4.84. The van der Waals surface area contributed by atoms with E-state index >= 15 is 0 Å². The Morgan fingerprint density at radius 3 is 2.71 bits per heavy atom. The largest absolute Gasteiger partial charge is 0.380 e. The van der Waals surface area contributed by atoms with Crippen LogP contribution in [0.4, 0.5) is 10.2 Å². The van der Waals surface area contributed by atoms with Gasteiger partial charge in [-0.3, -0.25) is 0 Å². The fraction of sp³-hybridized carbons (Fsp3) is 0. The fourth-order valence-corrected chi connectivity index (χ4v) is 1.53. The van der Waals surface area contributed by atoms with E-state index in [1.165, 1.54) is 16.6 Å². The van der Waals surface area contributed by atoms with Crippen LogP contribution in [0, 0.1) is 5.82 Å². The van der Waals surface area contributed by atoms with Crippen LogP contribution in [0.2, 0.25) is 0 Å². The third-order valence-corrected chi connectivity index (χ3v) is 2.35. The highest BCUT2D eigenvalue weighted by atomic mass is 19.1. The van der Waals surface area contributed by atoms with Gasteiger partial charge in [-0.15, -0.1) is 5.10 Å². The number of rotatable bonds is 1. The summed E-state index contributed by atoms with van der Waals surface area (Å²) in [5, 5.41) is 11.0. The van der Waals surface area contributed by atoms with Crippen LogP contribution < -0.4 is 5.73 Å². The fourth-order valence-electron chi connectivity index (χ4n) is 1.53. The molecule has 84 valence electrons. The van der Waals surface area contributed by atoms with Gasteiger partial charge in [0, 0.05) is 5.56 Å². The van der Waals surface area contributed by atoms with E-state index in [0.717, 1.165) is 5.56 Å². The van der Waals surface area contributed by atoms with Crippen LogP contribution in [-0.2, 0) is 0 Å².